The predicted molar refractivity (Wildman–Crippen MR) is 110 cm³/mol. The zero-order valence-electron chi connectivity index (χ0n) is 16.7. The summed E-state index contributed by atoms with van der Waals surface area (Å²) >= 11 is 3.61. The third-order valence-electron chi connectivity index (χ3n) is 7.39. The second-order valence-electron chi connectivity index (χ2n) is 9.35. The molecular weight excluding hydrogens is 404 g/mol. The summed E-state index contributed by atoms with van der Waals surface area (Å²) in [6.07, 6.45) is 3.16. The Balaban J connectivity index is 1.79. The molecule has 2 N–H and O–H groups in total. The second-order valence-corrected chi connectivity index (χ2v) is 10.3. The molecule has 0 spiro atoms. The minimum atomic E-state index is -0.198. The van der Waals surface area contributed by atoms with Crippen molar-refractivity contribution in [1.82, 2.24) is 10.6 Å². The van der Waals surface area contributed by atoms with Crippen LogP contribution >= 0.6 is 15.9 Å². The lowest BCUT2D eigenvalue weighted by Gasteiger charge is -2.63. The molecule has 1 aromatic rings. The van der Waals surface area contributed by atoms with Crippen molar-refractivity contribution in [3.63, 3.8) is 0 Å². The second kappa shape index (κ2) is 6.85. The van der Waals surface area contributed by atoms with E-state index in [1.165, 1.54) is 12.0 Å². The van der Waals surface area contributed by atoms with Crippen LogP contribution in [0.4, 0.5) is 0 Å². The van der Waals surface area contributed by atoms with E-state index >= 15 is 0 Å². The topological polar surface area (TPSA) is 50.4 Å². The van der Waals surface area contributed by atoms with Gasteiger partial charge in [-0.15, -0.1) is 0 Å². The summed E-state index contributed by atoms with van der Waals surface area (Å²) < 4.78 is 7.45. The standard InChI is InChI=1S/C22H31BrN2O2/c1-13-18-11-16(21(3,4)24-13)12-19-20(15-6-5-7-17(23)10-15)27-9-8-22(18,19)25-14(2)26/h5-7,10,13,16,18-20,24H,8-9,11-12H2,1-4H3,(H,25,26)/t13-,16-,18+,19+,20+,22+/m1/s1. The Morgan fingerprint density at radius 1 is 1.30 bits per heavy atom. The van der Waals surface area contributed by atoms with Gasteiger partial charge in [0.05, 0.1) is 11.6 Å². The fraction of sp³-hybridized carbons (Fsp3) is 0.682. The van der Waals surface area contributed by atoms with E-state index in [0.29, 0.717) is 24.5 Å². The number of piperidine rings is 1. The first kappa shape index (κ1) is 19.4. The van der Waals surface area contributed by atoms with Gasteiger partial charge in [-0.25, -0.2) is 0 Å². The van der Waals surface area contributed by atoms with Gasteiger partial charge >= 0.3 is 0 Å². The molecule has 2 aliphatic heterocycles. The van der Waals surface area contributed by atoms with E-state index in [0.717, 1.165) is 17.3 Å². The quantitative estimate of drug-likeness (QED) is 0.732. The third-order valence-corrected chi connectivity index (χ3v) is 7.88. The molecule has 148 valence electrons. The summed E-state index contributed by atoms with van der Waals surface area (Å²) in [5.41, 5.74) is 1.12. The Hall–Kier alpha value is -0.910. The first-order valence-electron chi connectivity index (χ1n) is 10.2. The van der Waals surface area contributed by atoms with E-state index in [1.54, 1.807) is 6.92 Å². The molecule has 27 heavy (non-hydrogen) atoms. The van der Waals surface area contributed by atoms with Gasteiger partial charge in [-0.05, 0) is 69.6 Å². The average Bonchev–Trinajstić information content (AvgIpc) is 2.58. The molecule has 3 fully saturated rings. The molecule has 1 amide bonds. The average molecular weight is 435 g/mol. The SMILES string of the molecule is CC(=O)N[C@]12CCO[C@@H](c3cccc(Br)c3)[C@@H]1C[C@H]1C[C@H]2[C@@H](C)NC1(C)C. The largest absolute Gasteiger partial charge is 0.373 e. The molecule has 2 heterocycles. The summed E-state index contributed by atoms with van der Waals surface area (Å²) in [6.45, 7) is 9.29. The summed E-state index contributed by atoms with van der Waals surface area (Å²) in [6, 6.07) is 8.84. The van der Waals surface area contributed by atoms with E-state index in [2.05, 4.69) is 71.6 Å². The van der Waals surface area contributed by atoms with Crippen molar-refractivity contribution in [3.8, 4) is 0 Å². The Morgan fingerprint density at radius 3 is 2.74 bits per heavy atom. The monoisotopic (exact) mass is 434 g/mol. The van der Waals surface area contributed by atoms with Crippen molar-refractivity contribution in [2.75, 3.05) is 6.61 Å². The molecule has 0 unspecified atom stereocenters. The summed E-state index contributed by atoms with van der Waals surface area (Å²) in [7, 11) is 0. The van der Waals surface area contributed by atoms with Crippen LogP contribution in [0.1, 0.15) is 58.6 Å². The summed E-state index contributed by atoms with van der Waals surface area (Å²) in [4.78, 5) is 12.3. The van der Waals surface area contributed by atoms with E-state index in [9.17, 15) is 4.79 Å². The van der Waals surface area contributed by atoms with E-state index in [-0.39, 0.29) is 29.0 Å². The first-order chi connectivity index (χ1) is 12.7. The number of amides is 1. The molecule has 4 nitrogen and oxygen atoms in total. The van der Waals surface area contributed by atoms with Gasteiger partial charge in [0.25, 0.3) is 0 Å². The van der Waals surface area contributed by atoms with Gasteiger partial charge < -0.3 is 15.4 Å². The zero-order valence-corrected chi connectivity index (χ0v) is 18.3. The van der Waals surface area contributed by atoms with Crippen LogP contribution in [-0.4, -0.2) is 29.6 Å². The summed E-state index contributed by atoms with van der Waals surface area (Å²) in [5.74, 6) is 1.38. The fourth-order valence-electron chi connectivity index (χ4n) is 6.27. The Kier molecular flexibility index (Phi) is 4.93. The summed E-state index contributed by atoms with van der Waals surface area (Å²) in [5, 5.41) is 7.31. The number of hydrogen-bond donors (Lipinski definition) is 2. The number of carbonyl (C=O) groups is 1. The van der Waals surface area contributed by atoms with Crippen LogP contribution in [-0.2, 0) is 9.53 Å². The third kappa shape index (κ3) is 3.26. The van der Waals surface area contributed by atoms with Crippen LogP contribution in [0.5, 0.6) is 0 Å². The lowest BCUT2D eigenvalue weighted by Crippen LogP contribution is -2.73. The van der Waals surface area contributed by atoms with Crippen LogP contribution in [0.2, 0.25) is 0 Å². The van der Waals surface area contributed by atoms with Crippen molar-refractivity contribution in [1.29, 1.82) is 0 Å². The molecule has 1 aliphatic carbocycles. The van der Waals surface area contributed by atoms with Crippen LogP contribution < -0.4 is 10.6 Å². The Bertz CT molecular complexity index is 737. The highest BCUT2D eigenvalue weighted by atomic mass is 79.9. The fourth-order valence-corrected chi connectivity index (χ4v) is 6.69. The van der Waals surface area contributed by atoms with Crippen molar-refractivity contribution >= 4 is 21.8 Å². The van der Waals surface area contributed by atoms with Gasteiger partial charge in [0.1, 0.15) is 0 Å². The molecule has 1 saturated carbocycles. The minimum Gasteiger partial charge on any atom is -0.373 e. The van der Waals surface area contributed by atoms with Crippen LogP contribution in [0, 0.1) is 17.8 Å². The van der Waals surface area contributed by atoms with Crippen LogP contribution in [0.25, 0.3) is 0 Å². The number of benzene rings is 1. The van der Waals surface area contributed by atoms with Gasteiger partial charge in [-0.1, -0.05) is 28.1 Å². The number of halogens is 1. The predicted octanol–water partition coefficient (Wildman–Crippen LogP) is 4.20. The highest BCUT2D eigenvalue weighted by Gasteiger charge is 2.60. The van der Waals surface area contributed by atoms with E-state index in [4.69, 9.17) is 4.74 Å². The number of nitrogens with one attached hydrogen (secondary N) is 2. The molecular formula is C22H31BrN2O2. The maximum atomic E-state index is 12.3. The molecule has 1 aromatic carbocycles. The van der Waals surface area contributed by atoms with Crippen molar-refractivity contribution in [2.45, 2.75) is 70.2 Å². The van der Waals surface area contributed by atoms with Gasteiger partial charge in [0.15, 0.2) is 0 Å². The molecule has 2 bridgehead atoms. The lowest BCUT2D eigenvalue weighted by molar-refractivity contribution is -0.160. The van der Waals surface area contributed by atoms with E-state index < -0.39 is 0 Å². The highest BCUT2D eigenvalue weighted by molar-refractivity contribution is 9.10. The number of carbonyl (C=O) groups excluding carboxylic acids is 1. The van der Waals surface area contributed by atoms with Gasteiger partial charge in [-0.3, -0.25) is 4.79 Å². The van der Waals surface area contributed by atoms with Crippen LogP contribution in [0.15, 0.2) is 28.7 Å². The minimum absolute atomic E-state index is 0.0227. The molecule has 3 aliphatic rings. The molecule has 0 radical (unpaired) electrons. The first-order valence-corrected chi connectivity index (χ1v) is 11.0. The number of rotatable bonds is 2. The maximum Gasteiger partial charge on any atom is 0.217 e. The molecule has 0 aromatic heterocycles. The molecule has 2 saturated heterocycles. The normalized spacial score (nSPS) is 40.1. The molecule has 5 heteroatoms. The zero-order chi connectivity index (χ0) is 19.4. The van der Waals surface area contributed by atoms with Gasteiger partial charge in [0.2, 0.25) is 5.91 Å². The van der Waals surface area contributed by atoms with Gasteiger partial charge in [0, 0.05) is 35.5 Å². The smallest absolute Gasteiger partial charge is 0.217 e. The number of ether oxygens (including phenoxy) is 1. The Morgan fingerprint density at radius 2 is 2.04 bits per heavy atom. The number of hydrogen-bond acceptors (Lipinski definition) is 3. The molecule has 6 atom stereocenters. The van der Waals surface area contributed by atoms with Crippen molar-refractivity contribution in [2.24, 2.45) is 17.8 Å². The van der Waals surface area contributed by atoms with Crippen molar-refractivity contribution in [3.05, 3.63) is 34.3 Å². The lowest BCUT2D eigenvalue weighted by atomic mass is 9.52. The number of fused-ring (bicyclic) bond motifs is 4. The highest BCUT2D eigenvalue weighted by Crippen LogP contribution is 2.56. The van der Waals surface area contributed by atoms with Crippen LogP contribution in [0.3, 0.4) is 0 Å². The van der Waals surface area contributed by atoms with E-state index in [1.807, 2.05) is 0 Å². The van der Waals surface area contributed by atoms with Gasteiger partial charge in [-0.2, -0.15) is 0 Å². The van der Waals surface area contributed by atoms with Crippen molar-refractivity contribution < 1.29 is 9.53 Å². The Labute approximate surface area is 170 Å². The molecule has 4 rings (SSSR count). The maximum absolute atomic E-state index is 12.3.